The molecule has 2 saturated heterocycles. The monoisotopic (exact) mass is 288 g/mol. The maximum absolute atomic E-state index is 11.2. The zero-order valence-corrected chi connectivity index (χ0v) is 11.4. The summed E-state index contributed by atoms with van der Waals surface area (Å²) in [6.45, 7) is 3.83. The lowest BCUT2D eigenvalue weighted by molar-refractivity contribution is -0.250. The van der Waals surface area contributed by atoms with Crippen molar-refractivity contribution in [3.8, 4) is 0 Å². The molecular formula is C12H16O8. The fourth-order valence-corrected chi connectivity index (χ4v) is 2.31. The van der Waals surface area contributed by atoms with E-state index in [0.717, 1.165) is 0 Å². The molecule has 0 amide bonds. The molecule has 0 aromatic carbocycles. The number of carbonyl (C=O) groups excluding carboxylic acids is 3. The van der Waals surface area contributed by atoms with Crippen LogP contribution in [0.2, 0.25) is 0 Å². The quantitative estimate of drug-likeness (QED) is 0.508. The Bertz CT molecular complexity index is 390. The number of fused-ring (bicyclic) bond motifs is 2. The number of esters is 3. The Morgan fingerprint density at radius 1 is 0.850 bits per heavy atom. The lowest BCUT2D eigenvalue weighted by atomic mass is 10.00. The molecule has 0 saturated carbocycles. The van der Waals surface area contributed by atoms with Gasteiger partial charge in [0.25, 0.3) is 0 Å². The van der Waals surface area contributed by atoms with Crippen molar-refractivity contribution in [2.45, 2.75) is 51.5 Å². The summed E-state index contributed by atoms with van der Waals surface area (Å²) < 4.78 is 26.2. The van der Waals surface area contributed by atoms with Crippen LogP contribution in [0.4, 0.5) is 0 Å². The highest BCUT2D eigenvalue weighted by Gasteiger charge is 2.55. The molecule has 0 aromatic heterocycles. The first-order valence-corrected chi connectivity index (χ1v) is 6.17. The highest BCUT2D eigenvalue weighted by atomic mass is 16.8. The van der Waals surface area contributed by atoms with Crippen molar-refractivity contribution in [2.24, 2.45) is 0 Å². The Hall–Kier alpha value is -1.67. The van der Waals surface area contributed by atoms with Gasteiger partial charge in [-0.3, -0.25) is 14.4 Å². The summed E-state index contributed by atoms with van der Waals surface area (Å²) in [6, 6.07) is 0. The van der Waals surface area contributed by atoms with E-state index in [0.29, 0.717) is 0 Å². The van der Waals surface area contributed by atoms with Gasteiger partial charge in [-0.1, -0.05) is 0 Å². The second-order valence-electron chi connectivity index (χ2n) is 4.60. The second-order valence-corrected chi connectivity index (χ2v) is 4.60. The van der Waals surface area contributed by atoms with Crippen LogP contribution in [-0.4, -0.2) is 55.2 Å². The summed E-state index contributed by atoms with van der Waals surface area (Å²) in [5, 5.41) is 0. The molecule has 2 heterocycles. The Kier molecular flexibility index (Phi) is 4.24. The Morgan fingerprint density at radius 3 is 1.90 bits per heavy atom. The van der Waals surface area contributed by atoms with Gasteiger partial charge < -0.3 is 23.7 Å². The zero-order chi connectivity index (χ0) is 14.9. The fraction of sp³-hybridized carbons (Fsp3) is 0.750. The van der Waals surface area contributed by atoms with Crippen molar-refractivity contribution >= 4 is 17.9 Å². The van der Waals surface area contributed by atoms with E-state index in [1.165, 1.54) is 20.8 Å². The van der Waals surface area contributed by atoms with E-state index in [-0.39, 0.29) is 6.61 Å². The van der Waals surface area contributed by atoms with Crippen molar-refractivity contribution in [3.05, 3.63) is 0 Å². The van der Waals surface area contributed by atoms with Crippen LogP contribution in [0.25, 0.3) is 0 Å². The predicted octanol–water partition coefficient (Wildman–Crippen LogP) is -0.463. The van der Waals surface area contributed by atoms with Gasteiger partial charge in [0.2, 0.25) is 0 Å². The van der Waals surface area contributed by atoms with Crippen LogP contribution in [0.1, 0.15) is 20.8 Å². The van der Waals surface area contributed by atoms with E-state index in [1.54, 1.807) is 0 Å². The van der Waals surface area contributed by atoms with Crippen LogP contribution in [-0.2, 0) is 38.1 Å². The van der Waals surface area contributed by atoms with Crippen molar-refractivity contribution < 1.29 is 38.1 Å². The van der Waals surface area contributed by atoms with Gasteiger partial charge >= 0.3 is 17.9 Å². The molecular weight excluding hydrogens is 272 g/mol. The van der Waals surface area contributed by atoms with Crippen molar-refractivity contribution in [1.29, 1.82) is 0 Å². The van der Waals surface area contributed by atoms with Crippen LogP contribution in [0.3, 0.4) is 0 Å². The summed E-state index contributed by atoms with van der Waals surface area (Å²) in [5.41, 5.74) is 0. The van der Waals surface area contributed by atoms with E-state index in [2.05, 4.69) is 0 Å². The van der Waals surface area contributed by atoms with Crippen LogP contribution in [0.5, 0.6) is 0 Å². The molecule has 5 atom stereocenters. The highest BCUT2D eigenvalue weighted by Crippen LogP contribution is 2.33. The molecule has 2 bridgehead atoms. The van der Waals surface area contributed by atoms with Crippen molar-refractivity contribution in [3.63, 3.8) is 0 Å². The molecule has 0 spiro atoms. The third-order valence-corrected chi connectivity index (χ3v) is 2.92. The molecule has 0 aliphatic carbocycles. The molecule has 0 radical (unpaired) electrons. The molecule has 2 rings (SSSR count). The third kappa shape index (κ3) is 3.07. The summed E-state index contributed by atoms with van der Waals surface area (Å²) in [6.07, 6.45) is -4.19. The lowest BCUT2D eigenvalue weighted by Gasteiger charge is -2.38. The maximum Gasteiger partial charge on any atom is 0.303 e. The molecule has 8 nitrogen and oxygen atoms in total. The summed E-state index contributed by atoms with van der Waals surface area (Å²) in [5.74, 6) is -1.71. The van der Waals surface area contributed by atoms with Crippen LogP contribution >= 0.6 is 0 Å². The topological polar surface area (TPSA) is 97.4 Å². The second kappa shape index (κ2) is 5.76. The third-order valence-electron chi connectivity index (χ3n) is 2.92. The zero-order valence-electron chi connectivity index (χ0n) is 11.4. The van der Waals surface area contributed by atoms with Gasteiger partial charge in [-0.2, -0.15) is 0 Å². The molecule has 112 valence electrons. The number of rotatable bonds is 3. The van der Waals surface area contributed by atoms with Gasteiger partial charge in [0.15, 0.2) is 24.6 Å². The van der Waals surface area contributed by atoms with Gasteiger partial charge in [0.1, 0.15) is 6.10 Å². The number of hydrogen-bond donors (Lipinski definition) is 0. The summed E-state index contributed by atoms with van der Waals surface area (Å²) >= 11 is 0. The molecule has 0 aromatic rings. The minimum absolute atomic E-state index is 0.165. The first-order valence-electron chi connectivity index (χ1n) is 6.17. The standard InChI is InChI=1S/C12H16O8/c1-5(13)17-9-8-4-16-12(20-8)11(19-7(3)15)10(9)18-6(2)14/h8-12H,4H2,1-3H3/t8-,9-,10-,11-,12-/m1/s1. The number of ether oxygens (including phenoxy) is 5. The minimum atomic E-state index is -0.973. The summed E-state index contributed by atoms with van der Waals surface area (Å²) in [4.78, 5) is 33.6. The van der Waals surface area contributed by atoms with E-state index >= 15 is 0 Å². The van der Waals surface area contributed by atoms with Crippen LogP contribution < -0.4 is 0 Å². The first-order chi connectivity index (χ1) is 9.38. The Balaban J connectivity index is 2.24. The van der Waals surface area contributed by atoms with Crippen LogP contribution in [0.15, 0.2) is 0 Å². The van der Waals surface area contributed by atoms with E-state index in [1.807, 2.05) is 0 Å². The van der Waals surface area contributed by atoms with Crippen molar-refractivity contribution in [1.82, 2.24) is 0 Å². The smallest absolute Gasteiger partial charge is 0.303 e. The van der Waals surface area contributed by atoms with Gasteiger partial charge in [-0.05, 0) is 0 Å². The van der Waals surface area contributed by atoms with E-state index < -0.39 is 48.6 Å². The summed E-state index contributed by atoms with van der Waals surface area (Å²) in [7, 11) is 0. The number of carbonyl (C=O) groups is 3. The lowest BCUT2D eigenvalue weighted by Crippen LogP contribution is -2.58. The Morgan fingerprint density at radius 2 is 1.35 bits per heavy atom. The normalized spacial score (nSPS) is 35.2. The van der Waals surface area contributed by atoms with Crippen LogP contribution in [0, 0.1) is 0 Å². The minimum Gasteiger partial charge on any atom is -0.456 e. The molecule has 0 N–H and O–H groups in total. The SMILES string of the molecule is CC(=O)O[C@H]1[C@@H](OC(C)=O)[C@@H]2OC[C@@H](O2)[C@H]1OC(C)=O. The molecule has 2 aliphatic rings. The highest BCUT2D eigenvalue weighted by molar-refractivity contribution is 5.68. The average molecular weight is 288 g/mol. The Labute approximate surface area is 115 Å². The van der Waals surface area contributed by atoms with Gasteiger partial charge in [-0.25, -0.2) is 0 Å². The first kappa shape index (κ1) is 14.7. The molecule has 8 heteroatoms. The number of hydrogen-bond acceptors (Lipinski definition) is 8. The maximum atomic E-state index is 11.2. The van der Waals surface area contributed by atoms with E-state index in [4.69, 9.17) is 23.7 Å². The average Bonchev–Trinajstić information content (AvgIpc) is 2.74. The fourth-order valence-electron chi connectivity index (χ4n) is 2.31. The predicted molar refractivity (Wildman–Crippen MR) is 61.3 cm³/mol. The molecule has 0 unspecified atom stereocenters. The largest absolute Gasteiger partial charge is 0.456 e. The molecule has 20 heavy (non-hydrogen) atoms. The van der Waals surface area contributed by atoms with Gasteiger partial charge in [0.05, 0.1) is 6.61 Å². The van der Waals surface area contributed by atoms with E-state index in [9.17, 15) is 14.4 Å². The molecule has 2 aliphatic heterocycles. The molecule has 2 fully saturated rings. The van der Waals surface area contributed by atoms with Gasteiger partial charge in [-0.15, -0.1) is 0 Å². The van der Waals surface area contributed by atoms with Crippen molar-refractivity contribution in [2.75, 3.05) is 6.61 Å². The van der Waals surface area contributed by atoms with Gasteiger partial charge in [0, 0.05) is 20.8 Å².